The molecule has 0 bridgehead atoms. The number of halogens is 1. The molecule has 1 aromatic carbocycles. The summed E-state index contributed by atoms with van der Waals surface area (Å²) in [6, 6.07) is 8.90. The number of aromatic nitrogens is 2. The number of carbonyl (C=O) groups excluding carboxylic acids is 2. The second kappa shape index (κ2) is 9.36. The minimum atomic E-state index is -0.574. The van der Waals surface area contributed by atoms with Gasteiger partial charge >= 0.3 is 0 Å². The molecule has 0 radical (unpaired) electrons. The van der Waals surface area contributed by atoms with Gasteiger partial charge in [-0.05, 0) is 30.4 Å². The standard InChI is InChI=1S/C18H23BrN4O2/c1-12(2)11-15(18(25)22-16-9-10-20-23-16)21-17(24)8-7-13-5-3-4-6-14(13)19/h3-6,9-10,12,15H,7-8,11H2,1-2H3,(H,21,24)(H2,20,22,23,25). The van der Waals surface area contributed by atoms with Crippen LogP contribution in [0.4, 0.5) is 5.82 Å². The molecule has 1 atom stereocenters. The van der Waals surface area contributed by atoms with Crippen LogP contribution in [0.15, 0.2) is 41.0 Å². The first kappa shape index (κ1) is 19.2. The minimum Gasteiger partial charge on any atom is -0.344 e. The summed E-state index contributed by atoms with van der Waals surface area (Å²) in [7, 11) is 0. The van der Waals surface area contributed by atoms with Crippen molar-refractivity contribution in [1.82, 2.24) is 15.5 Å². The van der Waals surface area contributed by atoms with Crippen LogP contribution >= 0.6 is 15.9 Å². The number of amides is 2. The molecule has 0 spiro atoms. The number of H-pyrrole nitrogens is 1. The first-order valence-corrected chi connectivity index (χ1v) is 9.08. The fourth-order valence-electron chi connectivity index (χ4n) is 2.46. The molecule has 134 valence electrons. The van der Waals surface area contributed by atoms with Gasteiger partial charge in [0.25, 0.3) is 0 Å². The molecule has 0 saturated carbocycles. The van der Waals surface area contributed by atoms with E-state index >= 15 is 0 Å². The summed E-state index contributed by atoms with van der Waals surface area (Å²) >= 11 is 3.48. The monoisotopic (exact) mass is 406 g/mol. The van der Waals surface area contributed by atoms with E-state index < -0.39 is 6.04 Å². The zero-order chi connectivity index (χ0) is 18.2. The van der Waals surface area contributed by atoms with Crippen molar-refractivity contribution in [2.24, 2.45) is 5.92 Å². The summed E-state index contributed by atoms with van der Waals surface area (Å²) in [6.07, 6.45) is 3.07. The minimum absolute atomic E-state index is 0.138. The maximum atomic E-state index is 12.4. The van der Waals surface area contributed by atoms with E-state index in [0.717, 1.165) is 10.0 Å². The molecule has 2 amide bonds. The molecule has 0 aliphatic carbocycles. The van der Waals surface area contributed by atoms with Crippen LogP contribution in [-0.2, 0) is 16.0 Å². The van der Waals surface area contributed by atoms with E-state index in [1.54, 1.807) is 12.3 Å². The molecule has 7 heteroatoms. The first-order chi connectivity index (χ1) is 12.0. The molecular weight excluding hydrogens is 384 g/mol. The largest absolute Gasteiger partial charge is 0.344 e. The van der Waals surface area contributed by atoms with Crippen LogP contribution in [0.3, 0.4) is 0 Å². The van der Waals surface area contributed by atoms with Gasteiger partial charge in [-0.25, -0.2) is 0 Å². The Hall–Kier alpha value is -2.15. The molecule has 0 saturated heterocycles. The number of anilines is 1. The van der Waals surface area contributed by atoms with Gasteiger partial charge in [-0.3, -0.25) is 14.7 Å². The van der Waals surface area contributed by atoms with E-state index in [9.17, 15) is 9.59 Å². The van der Waals surface area contributed by atoms with Crippen molar-refractivity contribution in [3.8, 4) is 0 Å². The number of rotatable bonds is 8. The Kier molecular flexibility index (Phi) is 7.18. The smallest absolute Gasteiger partial charge is 0.248 e. The van der Waals surface area contributed by atoms with Gasteiger partial charge in [0.15, 0.2) is 0 Å². The average Bonchev–Trinajstić information content (AvgIpc) is 3.06. The maximum Gasteiger partial charge on any atom is 0.248 e. The highest BCUT2D eigenvalue weighted by Gasteiger charge is 2.22. The summed E-state index contributed by atoms with van der Waals surface area (Å²) in [4.78, 5) is 24.7. The highest BCUT2D eigenvalue weighted by Crippen LogP contribution is 2.17. The lowest BCUT2D eigenvalue weighted by molar-refractivity contribution is -0.126. The number of hydrogen-bond acceptors (Lipinski definition) is 3. The SMILES string of the molecule is CC(C)CC(NC(=O)CCc1ccccc1Br)C(=O)Nc1ccn[nH]1. The number of nitrogens with zero attached hydrogens (tertiary/aromatic N) is 1. The van der Waals surface area contributed by atoms with Gasteiger partial charge < -0.3 is 10.6 Å². The van der Waals surface area contributed by atoms with Crippen molar-refractivity contribution in [2.75, 3.05) is 5.32 Å². The fourth-order valence-corrected chi connectivity index (χ4v) is 2.95. The summed E-state index contributed by atoms with van der Waals surface area (Å²) in [5.41, 5.74) is 1.07. The van der Waals surface area contributed by atoms with Crippen molar-refractivity contribution >= 4 is 33.6 Å². The Morgan fingerprint density at radius 2 is 2.00 bits per heavy atom. The van der Waals surface area contributed by atoms with Crippen LogP contribution in [0.1, 0.15) is 32.3 Å². The van der Waals surface area contributed by atoms with Crippen LogP contribution in [0.5, 0.6) is 0 Å². The Balaban J connectivity index is 1.92. The molecule has 2 aromatic rings. The van der Waals surface area contributed by atoms with Gasteiger partial charge in [-0.1, -0.05) is 48.0 Å². The van der Waals surface area contributed by atoms with Crippen molar-refractivity contribution in [3.05, 3.63) is 46.6 Å². The fraction of sp³-hybridized carbons (Fsp3) is 0.389. The van der Waals surface area contributed by atoms with Crippen LogP contribution in [0.2, 0.25) is 0 Å². The Morgan fingerprint density at radius 1 is 1.24 bits per heavy atom. The molecule has 1 unspecified atom stereocenters. The van der Waals surface area contributed by atoms with E-state index in [1.807, 2.05) is 38.1 Å². The average molecular weight is 407 g/mol. The highest BCUT2D eigenvalue weighted by atomic mass is 79.9. The third-order valence-electron chi connectivity index (χ3n) is 3.70. The third kappa shape index (κ3) is 6.34. The molecule has 0 fully saturated rings. The highest BCUT2D eigenvalue weighted by molar-refractivity contribution is 9.10. The van der Waals surface area contributed by atoms with Crippen molar-refractivity contribution in [1.29, 1.82) is 0 Å². The Bertz CT molecular complexity index is 701. The molecule has 6 nitrogen and oxygen atoms in total. The van der Waals surface area contributed by atoms with E-state index in [0.29, 0.717) is 25.1 Å². The van der Waals surface area contributed by atoms with Crippen molar-refractivity contribution < 1.29 is 9.59 Å². The Morgan fingerprint density at radius 3 is 2.64 bits per heavy atom. The van der Waals surface area contributed by atoms with Gasteiger partial charge in [-0.15, -0.1) is 0 Å². The number of aryl methyl sites for hydroxylation is 1. The summed E-state index contributed by atoms with van der Waals surface area (Å²) in [5, 5.41) is 12.1. The zero-order valence-corrected chi connectivity index (χ0v) is 16.0. The molecular formula is C18H23BrN4O2. The predicted molar refractivity (Wildman–Crippen MR) is 101 cm³/mol. The van der Waals surface area contributed by atoms with E-state index in [1.165, 1.54) is 0 Å². The quantitative estimate of drug-likeness (QED) is 0.628. The van der Waals surface area contributed by atoms with E-state index in [-0.39, 0.29) is 17.7 Å². The van der Waals surface area contributed by atoms with Crippen molar-refractivity contribution in [2.45, 2.75) is 39.2 Å². The lowest BCUT2D eigenvalue weighted by Gasteiger charge is -2.20. The molecule has 2 rings (SSSR count). The van der Waals surface area contributed by atoms with Crippen LogP contribution < -0.4 is 10.6 Å². The third-order valence-corrected chi connectivity index (χ3v) is 4.47. The van der Waals surface area contributed by atoms with Gasteiger partial charge in [0, 0.05) is 17.0 Å². The molecule has 0 aliphatic heterocycles. The van der Waals surface area contributed by atoms with Gasteiger partial charge in [0.05, 0.1) is 6.20 Å². The number of carbonyl (C=O) groups is 2. The zero-order valence-electron chi connectivity index (χ0n) is 14.4. The topological polar surface area (TPSA) is 86.9 Å². The van der Waals surface area contributed by atoms with Crippen LogP contribution in [0.25, 0.3) is 0 Å². The van der Waals surface area contributed by atoms with Crippen molar-refractivity contribution in [3.63, 3.8) is 0 Å². The van der Waals surface area contributed by atoms with E-state index in [4.69, 9.17) is 0 Å². The molecule has 0 aliphatic rings. The maximum absolute atomic E-state index is 12.4. The lowest BCUT2D eigenvalue weighted by atomic mass is 10.0. The molecule has 25 heavy (non-hydrogen) atoms. The predicted octanol–water partition coefficient (Wildman–Crippen LogP) is 3.27. The molecule has 1 aromatic heterocycles. The number of aromatic amines is 1. The van der Waals surface area contributed by atoms with E-state index in [2.05, 4.69) is 36.8 Å². The summed E-state index contributed by atoms with van der Waals surface area (Å²) in [5.74, 6) is 0.413. The normalized spacial score (nSPS) is 12.0. The molecule has 1 heterocycles. The van der Waals surface area contributed by atoms with Gasteiger partial charge in [0.2, 0.25) is 11.8 Å². The summed E-state index contributed by atoms with van der Waals surface area (Å²) < 4.78 is 0.985. The molecule has 3 N–H and O–H groups in total. The lowest BCUT2D eigenvalue weighted by Crippen LogP contribution is -2.44. The number of hydrogen-bond donors (Lipinski definition) is 3. The second-order valence-electron chi connectivity index (χ2n) is 6.30. The Labute approximate surface area is 155 Å². The number of benzene rings is 1. The van der Waals surface area contributed by atoms with Gasteiger partial charge in [-0.2, -0.15) is 5.10 Å². The van der Waals surface area contributed by atoms with Crippen LogP contribution in [0, 0.1) is 5.92 Å². The van der Waals surface area contributed by atoms with Crippen LogP contribution in [-0.4, -0.2) is 28.1 Å². The first-order valence-electron chi connectivity index (χ1n) is 8.28. The summed E-state index contributed by atoms with van der Waals surface area (Å²) in [6.45, 7) is 4.04. The van der Waals surface area contributed by atoms with Gasteiger partial charge in [0.1, 0.15) is 11.9 Å². The number of nitrogens with one attached hydrogen (secondary N) is 3. The second-order valence-corrected chi connectivity index (χ2v) is 7.15.